The minimum absolute atomic E-state index is 0.0317. The van der Waals surface area contributed by atoms with Crippen molar-refractivity contribution in [2.24, 2.45) is 0 Å². The zero-order valence-electron chi connectivity index (χ0n) is 9.58. The summed E-state index contributed by atoms with van der Waals surface area (Å²) in [5.41, 5.74) is -0.659. The molecule has 0 saturated heterocycles. The highest BCUT2D eigenvalue weighted by Crippen LogP contribution is 2.31. The molecule has 2 aromatic heterocycles. The fraction of sp³-hybridized carbons (Fsp3) is 0.167. The largest absolute Gasteiger partial charge is 0.416 e. The summed E-state index contributed by atoms with van der Waals surface area (Å²) in [6.45, 7) is -0.0317. The maximum absolute atomic E-state index is 12.7. The van der Waals surface area contributed by atoms with Gasteiger partial charge in [0, 0.05) is 24.5 Å². The van der Waals surface area contributed by atoms with Gasteiger partial charge in [0.15, 0.2) is 0 Å². The molecule has 0 saturated carbocycles. The molecule has 0 spiro atoms. The van der Waals surface area contributed by atoms with Crippen LogP contribution >= 0.6 is 11.6 Å². The molecule has 0 unspecified atom stereocenters. The van der Waals surface area contributed by atoms with Gasteiger partial charge in [0.2, 0.25) is 0 Å². The first kappa shape index (κ1) is 13.6. The Morgan fingerprint density at radius 1 is 1.21 bits per heavy atom. The normalized spacial score (nSPS) is 11.4. The Hall–Kier alpha value is -1.82. The zero-order valence-corrected chi connectivity index (χ0v) is 10.3. The lowest BCUT2D eigenvalue weighted by Crippen LogP contribution is -2.12. The number of halogens is 4. The molecule has 19 heavy (non-hydrogen) atoms. The van der Waals surface area contributed by atoms with E-state index >= 15 is 0 Å². The minimum Gasteiger partial charge on any atom is -0.366 e. The van der Waals surface area contributed by atoms with E-state index in [2.05, 4.69) is 15.3 Å². The van der Waals surface area contributed by atoms with Crippen molar-refractivity contribution in [3.8, 4) is 0 Å². The van der Waals surface area contributed by atoms with Crippen molar-refractivity contribution in [3.63, 3.8) is 0 Å². The van der Waals surface area contributed by atoms with Gasteiger partial charge in [-0.15, -0.1) is 0 Å². The van der Waals surface area contributed by atoms with Crippen molar-refractivity contribution in [1.82, 2.24) is 9.97 Å². The maximum Gasteiger partial charge on any atom is 0.416 e. The highest BCUT2D eigenvalue weighted by Gasteiger charge is 2.33. The van der Waals surface area contributed by atoms with Gasteiger partial charge < -0.3 is 5.32 Å². The van der Waals surface area contributed by atoms with Crippen molar-refractivity contribution in [2.75, 3.05) is 5.32 Å². The van der Waals surface area contributed by atoms with Crippen LogP contribution < -0.4 is 5.32 Å². The third kappa shape index (κ3) is 3.57. The first-order valence-corrected chi connectivity index (χ1v) is 5.71. The number of nitrogens with one attached hydrogen (secondary N) is 1. The minimum atomic E-state index is -4.40. The van der Waals surface area contributed by atoms with Crippen LogP contribution in [0.5, 0.6) is 0 Å². The summed E-state index contributed by atoms with van der Waals surface area (Å²) in [6, 6.07) is 5.81. The van der Waals surface area contributed by atoms with Crippen LogP contribution in [0.25, 0.3) is 0 Å². The SMILES string of the molecule is FC(F)(F)c1ccncc1CNc1cccc(Cl)n1. The Morgan fingerprint density at radius 3 is 2.68 bits per heavy atom. The summed E-state index contributed by atoms with van der Waals surface area (Å²) < 4.78 is 38.2. The van der Waals surface area contributed by atoms with E-state index in [1.54, 1.807) is 18.2 Å². The van der Waals surface area contributed by atoms with Gasteiger partial charge in [0.05, 0.1) is 5.56 Å². The summed E-state index contributed by atoms with van der Waals surface area (Å²) in [4.78, 5) is 7.63. The van der Waals surface area contributed by atoms with Crippen LogP contribution in [0.1, 0.15) is 11.1 Å². The number of alkyl halides is 3. The predicted octanol–water partition coefficient (Wildman–Crippen LogP) is 3.76. The molecule has 0 atom stereocenters. The fourth-order valence-electron chi connectivity index (χ4n) is 1.54. The van der Waals surface area contributed by atoms with E-state index in [9.17, 15) is 13.2 Å². The number of pyridine rings is 2. The second-order valence-electron chi connectivity index (χ2n) is 3.73. The Labute approximate surface area is 112 Å². The number of anilines is 1. The van der Waals surface area contributed by atoms with Crippen LogP contribution in [-0.2, 0) is 12.7 Å². The van der Waals surface area contributed by atoms with Crippen molar-refractivity contribution >= 4 is 17.4 Å². The van der Waals surface area contributed by atoms with Crippen LogP contribution in [0.2, 0.25) is 5.15 Å². The molecule has 0 aliphatic carbocycles. The molecule has 0 fully saturated rings. The lowest BCUT2D eigenvalue weighted by molar-refractivity contribution is -0.138. The number of aromatic nitrogens is 2. The van der Waals surface area contributed by atoms with Gasteiger partial charge >= 0.3 is 6.18 Å². The van der Waals surface area contributed by atoms with Gasteiger partial charge in [-0.25, -0.2) is 4.98 Å². The molecule has 0 aliphatic rings. The second kappa shape index (κ2) is 5.44. The molecule has 3 nitrogen and oxygen atoms in total. The molecular weight excluding hydrogens is 279 g/mol. The number of rotatable bonds is 3. The monoisotopic (exact) mass is 287 g/mol. The summed E-state index contributed by atoms with van der Waals surface area (Å²) in [6.07, 6.45) is -2.11. The van der Waals surface area contributed by atoms with Gasteiger partial charge in [0.1, 0.15) is 11.0 Å². The molecule has 0 radical (unpaired) electrons. The van der Waals surface area contributed by atoms with E-state index in [4.69, 9.17) is 11.6 Å². The van der Waals surface area contributed by atoms with Crippen LogP contribution in [0.3, 0.4) is 0 Å². The van der Waals surface area contributed by atoms with Gasteiger partial charge in [0.25, 0.3) is 0 Å². The average molecular weight is 288 g/mol. The van der Waals surface area contributed by atoms with Gasteiger partial charge in [-0.2, -0.15) is 13.2 Å². The third-order valence-electron chi connectivity index (χ3n) is 2.38. The van der Waals surface area contributed by atoms with Crippen LogP contribution in [-0.4, -0.2) is 9.97 Å². The van der Waals surface area contributed by atoms with Crippen molar-refractivity contribution in [3.05, 3.63) is 52.9 Å². The lowest BCUT2D eigenvalue weighted by atomic mass is 10.1. The highest BCUT2D eigenvalue weighted by atomic mass is 35.5. The standard InChI is InChI=1S/C12H9ClF3N3/c13-10-2-1-3-11(19-10)18-7-8-6-17-5-4-9(8)12(14,15)16/h1-6H,7H2,(H,18,19). The lowest BCUT2D eigenvalue weighted by Gasteiger charge is -2.12. The van der Waals surface area contributed by atoms with Crippen molar-refractivity contribution < 1.29 is 13.2 Å². The molecule has 7 heteroatoms. The Balaban J connectivity index is 2.16. The number of nitrogens with zero attached hydrogens (tertiary/aromatic N) is 2. The Kier molecular flexibility index (Phi) is 3.90. The molecular formula is C12H9ClF3N3. The van der Waals surface area contributed by atoms with Gasteiger partial charge in [-0.3, -0.25) is 4.98 Å². The first-order chi connectivity index (χ1) is 8.97. The first-order valence-electron chi connectivity index (χ1n) is 5.33. The molecule has 0 amide bonds. The quantitative estimate of drug-likeness (QED) is 0.874. The Morgan fingerprint density at radius 2 is 2.00 bits per heavy atom. The van der Waals surface area contributed by atoms with Crippen LogP contribution in [0.15, 0.2) is 36.7 Å². The van der Waals surface area contributed by atoms with Crippen LogP contribution in [0, 0.1) is 0 Å². The van der Waals surface area contributed by atoms with Gasteiger partial charge in [-0.05, 0) is 18.2 Å². The molecule has 100 valence electrons. The highest BCUT2D eigenvalue weighted by molar-refractivity contribution is 6.29. The number of hydrogen-bond acceptors (Lipinski definition) is 3. The molecule has 1 N–H and O–H groups in total. The van der Waals surface area contributed by atoms with Gasteiger partial charge in [-0.1, -0.05) is 17.7 Å². The number of hydrogen-bond donors (Lipinski definition) is 1. The second-order valence-corrected chi connectivity index (χ2v) is 4.12. The van der Waals surface area contributed by atoms with E-state index in [1.165, 1.54) is 6.20 Å². The van der Waals surface area contributed by atoms with E-state index in [1.807, 2.05) is 0 Å². The molecule has 0 aliphatic heterocycles. The van der Waals surface area contributed by atoms with E-state index in [0.29, 0.717) is 5.82 Å². The topological polar surface area (TPSA) is 37.8 Å². The summed E-state index contributed by atoms with van der Waals surface area (Å²) in [5, 5.41) is 3.05. The van der Waals surface area contributed by atoms with Crippen molar-refractivity contribution in [2.45, 2.75) is 12.7 Å². The smallest absolute Gasteiger partial charge is 0.366 e. The van der Waals surface area contributed by atoms with E-state index < -0.39 is 11.7 Å². The van der Waals surface area contributed by atoms with Crippen molar-refractivity contribution in [1.29, 1.82) is 0 Å². The summed E-state index contributed by atoms with van der Waals surface area (Å²) >= 11 is 5.69. The fourth-order valence-corrected chi connectivity index (χ4v) is 1.70. The molecule has 0 aromatic carbocycles. The molecule has 0 bridgehead atoms. The van der Waals surface area contributed by atoms with Crippen LogP contribution in [0.4, 0.5) is 19.0 Å². The molecule has 2 aromatic rings. The molecule has 2 rings (SSSR count). The summed E-state index contributed by atoms with van der Waals surface area (Å²) in [5.74, 6) is 0.407. The molecule has 2 heterocycles. The van der Waals surface area contributed by atoms with E-state index in [0.717, 1.165) is 12.3 Å². The summed E-state index contributed by atoms with van der Waals surface area (Å²) in [7, 11) is 0. The maximum atomic E-state index is 12.7. The van der Waals surface area contributed by atoms with E-state index in [-0.39, 0.29) is 17.3 Å². The zero-order chi connectivity index (χ0) is 13.9. The predicted molar refractivity (Wildman–Crippen MR) is 65.8 cm³/mol. The third-order valence-corrected chi connectivity index (χ3v) is 2.59. The Bertz CT molecular complexity index is 572. The average Bonchev–Trinajstić information content (AvgIpc) is 2.36.